The molecule has 0 aliphatic carbocycles. The van der Waals surface area contributed by atoms with E-state index >= 15 is 0 Å². The van der Waals surface area contributed by atoms with E-state index < -0.39 is 0 Å². The molecule has 114 valence electrons. The van der Waals surface area contributed by atoms with Crippen LogP contribution < -0.4 is 0 Å². The summed E-state index contributed by atoms with van der Waals surface area (Å²) in [6.45, 7) is 6.51. The maximum Gasteiger partial charge on any atom is 0.338 e. The summed E-state index contributed by atoms with van der Waals surface area (Å²) in [5.41, 5.74) is 5.43. The number of carbonyl (C=O) groups is 1. The highest BCUT2D eigenvalue weighted by atomic mass is 16.5. The second-order valence-electron chi connectivity index (χ2n) is 5.64. The number of carbonyl (C=O) groups excluding carboxylic acids is 1. The smallest absolute Gasteiger partial charge is 0.338 e. The molecular weight excluding hydrogens is 276 g/mol. The first-order valence-electron chi connectivity index (χ1n) is 7.67. The van der Waals surface area contributed by atoms with Crippen LogP contribution in [0.1, 0.15) is 41.3 Å². The van der Waals surface area contributed by atoms with Gasteiger partial charge in [0, 0.05) is 6.20 Å². The molecule has 0 N–H and O–H groups in total. The van der Waals surface area contributed by atoms with Crippen molar-refractivity contribution < 1.29 is 9.53 Å². The van der Waals surface area contributed by atoms with Crippen molar-refractivity contribution in [1.82, 2.24) is 9.38 Å². The minimum atomic E-state index is -0.266. The molecule has 3 aromatic rings. The Hall–Kier alpha value is -2.36. The third-order valence-electron chi connectivity index (χ3n) is 3.92. The van der Waals surface area contributed by atoms with Crippen molar-refractivity contribution >= 4 is 22.6 Å². The maximum atomic E-state index is 12.2. The second-order valence-corrected chi connectivity index (χ2v) is 5.64. The van der Waals surface area contributed by atoms with Gasteiger partial charge >= 0.3 is 5.97 Å². The highest BCUT2D eigenvalue weighted by Gasteiger charge is 2.14. The van der Waals surface area contributed by atoms with Crippen molar-refractivity contribution in [3.63, 3.8) is 0 Å². The number of rotatable bonds is 4. The number of esters is 1. The molecule has 0 saturated heterocycles. The number of hydrogen-bond donors (Lipinski definition) is 0. The first-order chi connectivity index (χ1) is 10.6. The van der Waals surface area contributed by atoms with Gasteiger partial charge in [0.2, 0.25) is 0 Å². The molecule has 0 aliphatic rings. The number of para-hydroxylation sites is 1. The first kappa shape index (κ1) is 14.6. The van der Waals surface area contributed by atoms with Gasteiger partial charge in [-0.05, 0) is 43.5 Å². The largest absolute Gasteiger partial charge is 0.462 e. The molecule has 3 rings (SSSR count). The third kappa shape index (κ3) is 2.45. The van der Waals surface area contributed by atoms with Gasteiger partial charge in [-0.25, -0.2) is 9.78 Å². The summed E-state index contributed by atoms with van der Waals surface area (Å²) in [5.74, 6) is -0.266. The molecule has 0 unspecified atom stereocenters. The molecule has 1 aromatic carbocycles. The Kier molecular flexibility index (Phi) is 3.84. The Morgan fingerprint density at radius 2 is 2.09 bits per heavy atom. The van der Waals surface area contributed by atoms with Crippen LogP contribution in [0.15, 0.2) is 30.5 Å². The summed E-state index contributed by atoms with van der Waals surface area (Å²) in [6, 6.07) is 7.93. The van der Waals surface area contributed by atoms with Crippen LogP contribution in [-0.2, 0) is 4.74 Å². The summed E-state index contributed by atoms with van der Waals surface area (Å²) in [5, 5.41) is 0. The van der Waals surface area contributed by atoms with Gasteiger partial charge in [0.25, 0.3) is 0 Å². The molecule has 2 heterocycles. The number of fused-ring (bicyclic) bond motifs is 3. The Morgan fingerprint density at radius 1 is 1.27 bits per heavy atom. The van der Waals surface area contributed by atoms with E-state index in [1.54, 1.807) is 0 Å². The van der Waals surface area contributed by atoms with Gasteiger partial charge < -0.3 is 4.74 Å². The lowest BCUT2D eigenvalue weighted by Crippen LogP contribution is -2.09. The molecule has 0 spiro atoms. The number of nitrogens with zero attached hydrogens (tertiary/aromatic N) is 2. The summed E-state index contributed by atoms with van der Waals surface area (Å²) in [7, 11) is 0. The predicted octanol–water partition coefficient (Wildman–Crippen LogP) is 4.06. The lowest BCUT2D eigenvalue weighted by molar-refractivity contribution is 0.0499. The first-order valence-corrected chi connectivity index (χ1v) is 7.67. The van der Waals surface area contributed by atoms with Gasteiger partial charge in [0.15, 0.2) is 0 Å². The summed E-state index contributed by atoms with van der Waals surface area (Å²) < 4.78 is 7.35. The number of pyridine rings is 1. The lowest BCUT2D eigenvalue weighted by Gasteiger charge is -2.07. The van der Waals surface area contributed by atoms with Crippen LogP contribution in [0.3, 0.4) is 0 Å². The van der Waals surface area contributed by atoms with Crippen LogP contribution in [0.5, 0.6) is 0 Å². The summed E-state index contributed by atoms with van der Waals surface area (Å²) in [6.07, 6.45) is 3.86. The topological polar surface area (TPSA) is 43.6 Å². The van der Waals surface area contributed by atoms with E-state index in [2.05, 4.69) is 11.9 Å². The lowest BCUT2D eigenvalue weighted by atomic mass is 10.1. The van der Waals surface area contributed by atoms with Crippen LogP contribution in [0.4, 0.5) is 0 Å². The van der Waals surface area contributed by atoms with Crippen molar-refractivity contribution in [2.45, 2.75) is 33.6 Å². The molecule has 0 amide bonds. The Morgan fingerprint density at radius 3 is 2.86 bits per heavy atom. The van der Waals surface area contributed by atoms with Gasteiger partial charge in [-0.1, -0.05) is 25.5 Å². The fourth-order valence-corrected chi connectivity index (χ4v) is 2.63. The number of aromatic nitrogens is 2. The zero-order valence-corrected chi connectivity index (χ0v) is 13.2. The predicted molar refractivity (Wildman–Crippen MR) is 87.4 cm³/mol. The molecule has 4 nitrogen and oxygen atoms in total. The van der Waals surface area contributed by atoms with Crippen molar-refractivity contribution in [2.24, 2.45) is 0 Å². The number of imidazole rings is 1. The normalized spacial score (nSPS) is 11.2. The monoisotopic (exact) mass is 296 g/mol. The fourth-order valence-electron chi connectivity index (χ4n) is 2.63. The quantitative estimate of drug-likeness (QED) is 0.538. The highest BCUT2D eigenvalue weighted by molar-refractivity contribution is 5.93. The zero-order chi connectivity index (χ0) is 15.7. The number of aryl methyl sites for hydroxylation is 2. The zero-order valence-electron chi connectivity index (χ0n) is 13.2. The van der Waals surface area contributed by atoms with E-state index in [9.17, 15) is 4.79 Å². The minimum Gasteiger partial charge on any atom is -0.462 e. The second kappa shape index (κ2) is 5.79. The Balaban J connectivity index is 2.06. The van der Waals surface area contributed by atoms with Gasteiger partial charge in [0.05, 0.1) is 23.2 Å². The number of unbranched alkanes of at least 4 members (excludes halogenated alkanes) is 1. The van der Waals surface area contributed by atoms with Gasteiger partial charge in [-0.3, -0.25) is 4.40 Å². The minimum absolute atomic E-state index is 0.266. The van der Waals surface area contributed by atoms with Crippen molar-refractivity contribution in [2.75, 3.05) is 6.61 Å². The third-order valence-corrected chi connectivity index (χ3v) is 3.92. The molecule has 0 atom stereocenters. The fraction of sp³-hybridized carbons (Fsp3) is 0.333. The molecular formula is C18H20N2O2. The van der Waals surface area contributed by atoms with Crippen LogP contribution in [0, 0.1) is 13.8 Å². The average molecular weight is 296 g/mol. The number of hydrogen-bond acceptors (Lipinski definition) is 3. The van der Waals surface area contributed by atoms with E-state index in [4.69, 9.17) is 4.74 Å². The number of ether oxygens (including phenoxy) is 1. The maximum absolute atomic E-state index is 12.2. The van der Waals surface area contributed by atoms with Gasteiger partial charge in [-0.15, -0.1) is 0 Å². The van der Waals surface area contributed by atoms with E-state index in [0.717, 1.165) is 40.6 Å². The Bertz CT molecular complexity index is 849. The standard InChI is InChI=1S/C18H20N2O2/c1-4-5-9-22-18(21)14-10-16-19-17-12(2)7-6-8-15(17)20(16)11-13(14)3/h6-8,10-11H,4-5,9H2,1-3H3. The highest BCUT2D eigenvalue weighted by Crippen LogP contribution is 2.22. The molecule has 0 radical (unpaired) electrons. The molecule has 4 heteroatoms. The summed E-state index contributed by atoms with van der Waals surface area (Å²) in [4.78, 5) is 16.9. The Labute approximate surface area is 129 Å². The van der Waals surface area contributed by atoms with E-state index in [1.165, 1.54) is 0 Å². The summed E-state index contributed by atoms with van der Waals surface area (Å²) >= 11 is 0. The molecule has 0 saturated carbocycles. The van der Waals surface area contributed by atoms with Crippen molar-refractivity contribution in [3.05, 3.63) is 47.2 Å². The van der Waals surface area contributed by atoms with Crippen LogP contribution >= 0.6 is 0 Å². The SMILES string of the molecule is CCCCOC(=O)c1cc2nc3c(C)cccc3n2cc1C. The van der Waals surface area contributed by atoms with Crippen LogP contribution in [0.2, 0.25) is 0 Å². The van der Waals surface area contributed by atoms with Gasteiger partial charge in [-0.2, -0.15) is 0 Å². The van der Waals surface area contributed by atoms with E-state index in [-0.39, 0.29) is 5.97 Å². The molecule has 0 bridgehead atoms. The molecule has 2 aromatic heterocycles. The molecule has 0 aliphatic heterocycles. The van der Waals surface area contributed by atoms with E-state index in [1.807, 2.05) is 48.7 Å². The average Bonchev–Trinajstić information content (AvgIpc) is 2.86. The van der Waals surface area contributed by atoms with Crippen molar-refractivity contribution in [1.29, 1.82) is 0 Å². The van der Waals surface area contributed by atoms with E-state index in [0.29, 0.717) is 12.2 Å². The number of benzene rings is 1. The van der Waals surface area contributed by atoms with Crippen LogP contribution in [0.25, 0.3) is 16.7 Å². The molecule has 0 fully saturated rings. The van der Waals surface area contributed by atoms with Crippen LogP contribution in [-0.4, -0.2) is 22.0 Å². The molecule has 22 heavy (non-hydrogen) atoms. The van der Waals surface area contributed by atoms with Crippen molar-refractivity contribution in [3.8, 4) is 0 Å². The van der Waals surface area contributed by atoms with Gasteiger partial charge in [0.1, 0.15) is 5.65 Å².